The van der Waals surface area contributed by atoms with Gasteiger partial charge in [-0.25, -0.2) is 4.79 Å². The molecule has 2 aromatic rings. The Hall–Kier alpha value is -1.11. The van der Waals surface area contributed by atoms with Crippen molar-refractivity contribution in [1.29, 1.82) is 0 Å². The molecule has 2 rings (SSSR count). The molecular formula is C13H12BrClN2O2S. The summed E-state index contributed by atoms with van der Waals surface area (Å²) in [4.78, 5) is 11.9. The highest BCUT2D eigenvalue weighted by atomic mass is 79.9. The Bertz CT molecular complexity index is 645. The molecule has 1 heterocycles. The predicted molar refractivity (Wildman–Crippen MR) is 85.2 cm³/mol. The lowest BCUT2D eigenvalue weighted by Gasteiger charge is -2.08. The van der Waals surface area contributed by atoms with Crippen LogP contribution >= 0.6 is 39.1 Å². The van der Waals surface area contributed by atoms with Crippen LogP contribution in [0.4, 0.5) is 10.7 Å². The van der Waals surface area contributed by atoms with Gasteiger partial charge in [-0.1, -0.05) is 11.6 Å². The number of carbonyl (C=O) groups is 1. The van der Waals surface area contributed by atoms with Gasteiger partial charge in [-0.3, -0.25) is 0 Å². The molecule has 0 spiro atoms. The molecule has 106 valence electrons. The standard InChI is InChI=1S/C13H12BrClN2O2S/c1-3-19-13(18)11-7(2)17-20-12(11)16-8-4-5-10(15)9(14)6-8/h4-6,16H,3H2,1-2H3. The Morgan fingerprint density at radius 2 is 2.30 bits per heavy atom. The maximum Gasteiger partial charge on any atom is 0.343 e. The molecule has 7 heteroatoms. The van der Waals surface area contributed by atoms with Crippen LogP contribution in [-0.4, -0.2) is 16.9 Å². The zero-order valence-electron chi connectivity index (χ0n) is 10.9. The summed E-state index contributed by atoms with van der Waals surface area (Å²) in [5.74, 6) is -0.366. The van der Waals surface area contributed by atoms with E-state index in [1.54, 1.807) is 19.9 Å². The van der Waals surface area contributed by atoms with Gasteiger partial charge < -0.3 is 10.1 Å². The molecule has 0 bridgehead atoms. The zero-order chi connectivity index (χ0) is 14.7. The Balaban J connectivity index is 2.29. The maximum atomic E-state index is 11.9. The topological polar surface area (TPSA) is 51.2 Å². The van der Waals surface area contributed by atoms with Gasteiger partial charge in [0.15, 0.2) is 0 Å². The number of nitrogens with one attached hydrogen (secondary N) is 1. The number of hydrogen-bond acceptors (Lipinski definition) is 5. The number of benzene rings is 1. The second-order valence-electron chi connectivity index (χ2n) is 3.95. The van der Waals surface area contributed by atoms with E-state index in [-0.39, 0.29) is 5.97 Å². The van der Waals surface area contributed by atoms with Crippen molar-refractivity contribution >= 4 is 55.7 Å². The van der Waals surface area contributed by atoms with Crippen LogP contribution in [0.1, 0.15) is 23.0 Å². The molecule has 0 radical (unpaired) electrons. The van der Waals surface area contributed by atoms with Gasteiger partial charge in [-0.05, 0) is 59.5 Å². The van der Waals surface area contributed by atoms with Crippen molar-refractivity contribution in [1.82, 2.24) is 4.37 Å². The summed E-state index contributed by atoms with van der Waals surface area (Å²) in [6.45, 7) is 3.89. The molecule has 0 aliphatic heterocycles. The third-order valence-electron chi connectivity index (χ3n) is 2.52. The smallest absolute Gasteiger partial charge is 0.343 e. The molecule has 4 nitrogen and oxygen atoms in total. The van der Waals surface area contributed by atoms with Crippen LogP contribution in [0.25, 0.3) is 0 Å². The first-order chi connectivity index (χ1) is 9.52. The van der Waals surface area contributed by atoms with Crippen LogP contribution in [0.5, 0.6) is 0 Å². The lowest BCUT2D eigenvalue weighted by molar-refractivity contribution is 0.0527. The molecule has 0 aliphatic carbocycles. The van der Waals surface area contributed by atoms with E-state index in [1.165, 1.54) is 11.5 Å². The Morgan fingerprint density at radius 3 is 2.95 bits per heavy atom. The third kappa shape index (κ3) is 3.31. The molecule has 0 aliphatic rings. The lowest BCUT2D eigenvalue weighted by Crippen LogP contribution is -2.07. The highest BCUT2D eigenvalue weighted by molar-refractivity contribution is 9.10. The Morgan fingerprint density at radius 1 is 1.55 bits per heavy atom. The highest BCUT2D eigenvalue weighted by Gasteiger charge is 2.19. The van der Waals surface area contributed by atoms with Crippen LogP contribution in [0.2, 0.25) is 5.02 Å². The van der Waals surface area contributed by atoms with E-state index >= 15 is 0 Å². The van der Waals surface area contributed by atoms with Crippen LogP contribution in [-0.2, 0) is 4.74 Å². The summed E-state index contributed by atoms with van der Waals surface area (Å²) in [6.07, 6.45) is 0. The minimum absolute atomic E-state index is 0.333. The molecule has 0 fully saturated rings. The van der Waals surface area contributed by atoms with Gasteiger partial charge in [-0.15, -0.1) is 0 Å². The van der Waals surface area contributed by atoms with Crippen molar-refractivity contribution in [3.05, 3.63) is 39.0 Å². The first-order valence-electron chi connectivity index (χ1n) is 5.88. The fourth-order valence-electron chi connectivity index (χ4n) is 1.60. The summed E-state index contributed by atoms with van der Waals surface area (Å²) in [6, 6.07) is 5.44. The Kier molecular flexibility index (Phi) is 5.01. The molecule has 1 aromatic heterocycles. The highest BCUT2D eigenvalue weighted by Crippen LogP contribution is 2.31. The number of aromatic nitrogens is 1. The molecule has 0 saturated carbocycles. The number of hydrogen-bond donors (Lipinski definition) is 1. The van der Waals surface area contributed by atoms with Crippen LogP contribution in [0.3, 0.4) is 0 Å². The van der Waals surface area contributed by atoms with Gasteiger partial charge in [0.2, 0.25) is 0 Å². The number of carbonyl (C=O) groups excluding carboxylic acids is 1. The first-order valence-corrected chi connectivity index (χ1v) is 7.82. The van der Waals surface area contributed by atoms with Gasteiger partial charge in [0.25, 0.3) is 0 Å². The maximum absolute atomic E-state index is 11.9. The number of aryl methyl sites for hydroxylation is 1. The summed E-state index contributed by atoms with van der Waals surface area (Å²) >= 11 is 10.5. The van der Waals surface area contributed by atoms with Crippen molar-refractivity contribution < 1.29 is 9.53 Å². The summed E-state index contributed by atoms with van der Waals surface area (Å²) in [5, 5.41) is 4.46. The zero-order valence-corrected chi connectivity index (χ0v) is 14.0. The number of rotatable bonds is 4. The number of ether oxygens (including phenoxy) is 1. The quantitative estimate of drug-likeness (QED) is 0.781. The van der Waals surface area contributed by atoms with E-state index in [4.69, 9.17) is 16.3 Å². The van der Waals surface area contributed by atoms with Crippen molar-refractivity contribution in [2.24, 2.45) is 0 Å². The Labute approximate surface area is 134 Å². The lowest BCUT2D eigenvalue weighted by atomic mass is 10.2. The molecule has 0 saturated heterocycles. The average molecular weight is 376 g/mol. The van der Waals surface area contributed by atoms with Gasteiger partial charge in [0, 0.05) is 10.2 Å². The second kappa shape index (κ2) is 6.56. The van der Waals surface area contributed by atoms with Gasteiger partial charge >= 0.3 is 5.97 Å². The van der Waals surface area contributed by atoms with Crippen molar-refractivity contribution in [3.63, 3.8) is 0 Å². The van der Waals surface area contributed by atoms with E-state index in [1.807, 2.05) is 12.1 Å². The first kappa shape index (κ1) is 15.3. The van der Waals surface area contributed by atoms with Gasteiger partial charge in [-0.2, -0.15) is 4.37 Å². The summed E-state index contributed by atoms with van der Waals surface area (Å²) in [5.41, 5.74) is 1.95. The average Bonchev–Trinajstić information content (AvgIpc) is 2.75. The monoisotopic (exact) mass is 374 g/mol. The van der Waals surface area contributed by atoms with Crippen LogP contribution in [0, 0.1) is 6.92 Å². The summed E-state index contributed by atoms with van der Waals surface area (Å²) < 4.78 is 10.0. The molecule has 20 heavy (non-hydrogen) atoms. The fraction of sp³-hybridized carbons (Fsp3) is 0.231. The minimum atomic E-state index is -0.366. The number of esters is 1. The predicted octanol–water partition coefficient (Wildman–Crippen LogP) is 4.79. The fourth-order valence-corrected chi connectivity index (χ4v) is 2.91. The van der Waals surface area contributed by atoms with E-state index in [0.29, 0.717) is 27.9 Å². The van der Waals surface area contributed by atoms with E-state index in [9.17, 15) is 4.79 Å². The normalized spacial score (nSPS) is 10.4. The summed E-state index contributed by atoms with van der Waals surface area (Å²) in [7, 11) is 0. The van der Waals surface area contributed by atoms with Gasteiger partial charge in [0.1, 0.15) is 10.6 Å². The molecule has 0 unspecified atom stereocenters. The van der Waals surface area contributed by atoms with Crippen molar-refractivity contribution in [3.8, 4) is 0 Å². The molecule has 0 amide bonds. The van der Waals surface area contributed by atoms with E-state index in [0.717, 1.165) is 10.2 Å². The number of halogens is 2. The minimum Gasteiger partial charge on any atom is -0.462 e. The SMILES string of the molecule is CCOC(=O)c1c(C)nsc1Nc1ccc(Cl)c(Br)c1. The van der Waals surface area contributed by atoms with E-state index in [2.05, 4.69) is 25.6 Å². The molecule has 1 aromatic carbocycles. The van der Waals surface area contributed by atoms with Crippen molar-refractivity contribution in [2.45, 2.75) is 13.8 Å². The molecular weight excluding hydrogens is 364 g/mol. The van der Waals surface area contributed by atoms with Crippen molar-refractivity contribution in [2.75, 3.05) is 11.9 Å². The molecule has 1 N–H and O–H groups in total. The largest absolute Gasteiger partial charge is 0.462 e. The second-order valence-corrected chi connectivity index (χ2v) is 5.98. The number of nitrogens with zero attached hydrogens (tertiary/aromatic N) is 1. The van der Waals surface area contributed by atoms with Crippen LogP contribution < -0.4 is 5.32 Å². The van der Waals surface area contributed by atoms with E-state index < -0.39 is 0 Å². The van der Waals surface area contributed by atoms with Crippen LogP contribution in [0.15, 0.2) is 22.7 Å². The van der Waals surface area contributed by atoms with Gasteiger partial charge in [0.05, 0.1) is 17.3 Å². The number of anilines is 2. The molecule has 0 atom stereocenters. The third-order valence-corrected chi connectivity index (χ3v) is 4.59.